The van der Waals surface area contributed by atoms with E-state index in [4.69, 9.17) is 15.2 Å². The molecule has 1 aliphatic heterocycles. The molecule has 0 fully saturated rings. The Morgan fingerprint density at radius 3 is 2.65 bits per heavy atom. The van der Waals surface area contributed by atoms with Gasteiger partial charge < -0.3 is 15.2 Å². The van der Waals surface area contributed by atoms with Gasteiger partial charge in [0.15, 0.2) is 23.1 Å². The summed E-state index contributed by atoms with van der Waals surface area (Å²) in [7, 11) is 0. The molecule has 0 aliphatic carbocycles. The Bertz CT molecular complexity index is 646. The molecule has 1 aliphatic rings. The monoisotopic (exact) mass is 277 g/mol. The van der Waals surface area contributed by atoms with Gasteiger partial charge in [0.2, 0.25) is 0 Å². The molecular formula is C15H13F2NO2. The summed E-state index contributed by atoms with van der Waals surface area (Å²) < 4.78 is 38.6. The van der Waals surface area contributed by atoms with Crippen LogP contribution in [-0.4, -0.2) is 19.3 Å². The molecule has 0 spiro atoms. The summed E-state index contributed by atoms with van der Waals surface area (Å²) in [4.78, 5) is 0. The van der Waals surface area contributed by atoms with E-state index in [0.29, 0.717) is 30.2 Å². The van der Waals surface area contributed by atoms with E-state index in [9.17, 15) is 8.78 Å². The van der Waals surface area contributed by atoms with E-state index in [-0.39, 0.29) is 11.7 Å². The minimum Gasteiger partial charge on any atom is -0.486 e. The summed E-state index contributed by atoms with van der Waals surface area (Å²) in [5, 5.41) is 0. The number of para-hydroxylation sites is 1. The van der Waals surface area contributed by atoms with E-state index in [1.165, 1.54) is 12.1 Å². The number of halogens is 2. The zero-order valence-electron chi connectivity index (χ0n) is 10.6. The van der Waals surface area contributed by atoms with Gasteiger partial charge in [-0.25, -0.2) is 8.78 Å². The predicted molar refractivity (Wildman–Crippen MR) is 70.8 cm³/mol. The average molecular weight is 277 g/mol. The molecule has 2 N–H and O–H groups in total. The van der Waals surface area contributed by atoms with Crippen LogP contribution < -0.4 is 15.2 Å². The van der Waals surface area contributed by atoms with Crippen LogP contribution in [0.1, 0.15) is 0 Å². The second-order valence-corrected chi connectivity index (χ2v) is 4.52. The van der Waals surface area contributed by atoms with E-state index in [2.05, 4.69) is 0 Å². The Morgan fingerprint density at radius 2 is 1.85 bits per heavy atom. The lowest BCUT2D eigenvalue weighted by molar-refractivity contribution is 0.0976. The number of ether oxygens (including phenoxy) is 2. The van der Waals surface area contributed by atoms with Crippen LogP contribution >= 0.6 is 0 Å². The van der Waals surface area contributed by atoms with Crippen molar-refractivity contribution in [3.8, 4) is 22.6 Å². The van der Waals surface area contributed by atoms with Crippen molar-refractivity contribution in [1.29, 1.82) is 0 Å². The van der Waals surface area contributed by atoms with E-state index >= 15 is 0 Å². The molecule has 0 saturated heterocycles. The SMILES string of the molecule is NCC1COc2cccc(-c3cccc(F)c3F)c2O1. The molecule has 2 aromatic carbocycles. The number of hydrogen-bond acceptors (Lipinski definition) is 3. The second kappa shape index (κ2) is 5.09. The Hall–Kier alpha value is -2.14. The van der Waals surface area contributed by atoms with Crippen LogP contribution in [0.5, 0.6) is 11.5 Å². The lowest BCUT2D eigenvalue weighted by atomic mass is 10.0. The van der Waals surface area contributed by atoms with Crippen LogP contribution in [0.25, 0.3) is 11.1 Å². The first-order valence-electron chi connectivity index (χ1n) is 6.27. The molecular weight excluding hydrogens is 264 g/mol. The van der Waals surface area contributed by atoms with Gasteiger partial charge in [-0.15, -0.1) is 0 Å². The fourth-order valence-corrected chi connectivity index (χ4v) is 2.17. The Balaban J connectivity index is 2.13. The minimum atomic E-state index is -0.903. The highest BCUT2D eigenvalue weighted by Crippen LogP contribution is 2.41. The molecule has 1 heterocycles. The van der Waals surface area contributed by atoms with Crippen LogP contribution in [0.2, 0.25) is 0 Å². The van der Waals surface area contributed by atoms with Crippen LogP contribution in [0, 0.1) is 11.6 Å². The topological polar surface area (TPSA) is 44.5 Å². The minimum absolute atomic E-state index is 0.142. The van der Waals surface area contributed by atoms with Gasteiger partial charge >= 0.3 is 0 Å². The second-order valence-electron chi connectivity index (χ2n) is 4.52. The third-order valence-electron chi connectivity index (χ3n) is 3.19. The molecule has 0 amide bonds. The zero-order chi connectivity index (χ0) is 14.1. The number of hydrogen-bond donors (Lipinski definition) is 1. The van der Waals surface area contributed by atoms with Gasteiger partial charge in [0, 0.05) is 17.7 Å². The van der Waals surface area contributed by atoms with Gasteiger partial charge in [0.05, 0.1) is 0 Å². The fourth-order valence-electron chi connectivity index (χ4n) is 2.17. The molecule has 3 rings (SSSR count). The van der Waals surface area contributed by atoms with Crippen LogP contribution in [0.4, 0.5) is 8.78 Å². The summed E-state index contributed by atoms with van der Waals surface area (Å²) >= 11 is 0. The van der Waals surface area contributed by atoms with Gasteiger partial charge in [-0.2, -0.15) is 0 Å². The van der Waals surface area contributed by atoms with Crippen molar-refractivity contribution in [2.24, 2.45) is 5.73 Å². The van der Waals surface area contributed by atoms with Gasteiger partial charge in [-0.05, 0) is 12.1 Å². The maximum absolute atomic E-state index is 13.9. The molecule has 0 aromatic heterocycles. The van der Waals surface area contributed by atoms with E-state index in [0.717, 1.165) is 6.07 Å². The Morgan fingerprint density at radius 1 is 1.10 bits per heavy atom. The van der Waals surface area contributed by atoms with Gasteiger partial charge in [0.1, 0.15) is 12.7 Å². The highest BCUT2D eigenvalue weighted by atomic mass is 19.2. The smallest absolute Gasteiger partial charge is 0.169 e. The van der Waals surface area contributed by atoms with E-state index < -0.39 is 11.6 Å². The summed E-state index contributed by atoms with van der Waals surface area (Å²) in [5.41, 5.74) is 6.16. The largest absolute Gasteiger partial charge is 0.486 e. The van der Waals surface area contributed by atoms with Crippen molar-refractivity contribution >= 4 is 0 Å². The van der Waals surface area contributed by atoms with Gasteiger partial charge in [-0.1, -0.05) is 24.3 Å². The first kappa shape index (κ1) is 12.9. The van der Waals surface area contributed by atoms with Crippen molar-refractivity contribution in [2.75, 3.05) is 13.2 Å². The zero-order valence-corrected chi connectivity index (χ0v) is 10.6. The third-order valence-corrected chi connectivity index (χ3v) is 3.19. The number of nitrogens with two attached hydrogens (primary N) is 1. The molecule has 20 heavy (non-hydrogen) atoms. The quantitative estimate of drug-likeness (QED) is 0.918. The van der Waals surface area contributed by atoms with Crippen LogP contribution in [0.15, 0.2) is 36.4 Å². The third kappa shape index (κ3) is 2.10. The van der Waals surface area contributed by atoms with Gasteiger partial charge in [-0.3, -0.25) is 0 Å². The highest BCUT2D eigenvalue weighted by molar-refractivity contribution is 5.74. The van der Waals surface area contributed by atoms with Gasteiger partial charge in [0.25, 0.3) is 0 Å². The molecule has 3 nitrogen and oxygen atoms in total. The molecule has 1 atom stereocenters. The summed E-state index contributed by atoms with van der Waals surface area (Å²) in [5.74, 6) is -0.888. The Kier molecular flexibility index (Phi) is 3.28. The maximum atomic E-state index is 13.9. The molecule has 0 bridgehead atoms. The van der Waals surface area contributed by atoms with Crippen LogP contribution in [0.3, 0.4) is 0 Å². The Labute approximate surface area is 114 Å². The summed E-state index contributed by atoms with van der Waals surface area (Å²) in [6.07, 6.45) is -0.291. The lowest BCUT2D eigenvalue weighted by Crippen LogP contribution is -2.35. The summed E-state index contributed by atoms with van der Waals surface area (Å²) in [6, 6.07) is 9.14. The van der Waals surface area contributed by atoms with Crippen molar-refractivity contribution in [3.63, 3.8) is 0 Å². The number of benzene rings is 2. The first-order chi connectivity index (χ1) is 9.70. The molecule has 5 heteroatoms. The van der Waals surface area contributed by atoms with E-state index in [1.54, 1.807) is 18.2 Å². The molecule has 0 saturated carbocycles. The average Bonchev–Trinajstić information content (AvgIpc) is 2.49. The number of fused-ring (bicyclic) bond motifs is 1. The van der Waals surface area contributed by atoms with Crippen molar-refractivity contribution in [3.05, 3.63) is 48.0 Å². The normalized spacial score (nSPS) is 17.1. The van der Waals surface area contributed by atoms with Crippen molar-refractivity contribution in [1.82, 2.24) is 0 Å². The summed E-state index contributed by atoms with van der Waals surface area (Å²) in [6.45, 7) is 0.637. The maximum Gasteiger partial charge on any atom is 0.169 e. The van der Waals surface area contributed by atoms with Crippen molar-refractivity contribution in [2.45, 2.75) is 6.10 Å². The molecule has 1 unspecified atom stereocenters. The van der Waals surface area contributed by atoms with Crippen LogP contribution in [-0.2, 0) is 0 Å². The molecule has 104 valence electrons. The molecule has 2 aromatic rings. The standard InChI is InChI=1S/C15H13F2NO2/c16-12-5-1-3-10(14(12)17)11-4-2-6-13-15(11)20-9(7-18)8-19-13/h1-6,9H,7-8,18H2. The molecule has 0 radical (unpaired) electrons. The van der Waals surface area contributed by atoms with Crippen molar-refractivity contribution < 1.29 is 18.3 Å². The highest BCUT2D eigenvalue weighted by Gasteiger charge is 2.24. The number of rotatable bonds is 2. The van der Waals surface area contributed by atoms with E-state index in [1.807, 2.05) is 0 Å². The first-order valence-corrected chi connectivity index (χ1v) is 6.27. The fraction of sp³-hybridized carbons (Fsp3) is 0.200. The lowest BCUT2D eigenvalue weighted by Gasteiger charge is -2.27. The predicted octanol–water partition coefficient (Wildman–Crippen LogP) is 2.73.